The van der Waals surface area contributed by atoms with Crippen LogP contribution in [0.15, 0.2) is 42.5 Å². The zero-order chi connectivity index (χ0) is 21.8. The molecular formula is C26H34O4. The van der Waals surface area contributed by atoms with E-state index < -0.39 is 0 Å². The van der Waals surface area contributed by atoms with E-state index in [1.165, 1.54) is 5.56 Å². The Balaban J connectivity index is 2.28. The van der Waals surface area contributed by atoms with E-state index in [-0.39, 0.29) is 5.78 Å². The topological polar surface area (TPSA) is 44.8 Å². The second-order valence-electron chi connectivity index (χ2n) is 7.16. The van der Waals surface area contributed by atoms with Gasteiger partial charge in [-0.3, -0.25) is 4.79 Å². The molecular weight excluding hydrogens is 376 g/mol. The smallest absolute Gasteiger partial charge is 0.186 e. The molecule has 0 spiro atoms. The number of ether oxygens (including phenoxy) is 3. The molecule has 4 heteroatoms. The lowest BCUT2D eigenvalue weighted by molar-refractivity contribution is 0.104. The predicted octanol–water partition coefficient (Wildman–Crippen LogP) is 6.51. The van der Waals surface area contributed by atoms with Crippen molar-refractivity contribution in [2.75, 3.05) is 19.8 Å². The molecule has 0 aromatic heterocycles. The average Bonchev–Trinajstić information content (AvgIpc) is 2.78. The van der Waals surface area contributed by atoms with E-state index in [2.05, 4.69) is 39.8 Å². The van der Waals surface area contributed by atoms with Crippen molar-refractivity contribution in [1.82, 2.24) is 0 Å². The van der Waals surface area contributed by atoms with E-state index in [0.29, 0.717) is 36.9 Å². The number of hydrogen-bond acceptors (Lipinski definition) is 4. The van der Waals surface area contributed by atoms with Gasteiger partial charge in [0, 0.05) is 17.2 Å². The van der Waals surface area contributed by atoms with Gasteiger partial charge in [-0.05, 0) is 67.7 Å². The highest BCUT2D eigenvalue weighted by atomic mass is 16.5. The number of aryl methyl sites for hydroxylation is 1. The van der Waals surface area contributed by atoms with Crippen LogP contribution in [0.25, 0.3) is 6.08 Å². The molecule has 0 heterocycles. The summed E-state index contributed by atoms with van der Waals surface area (Å²) in [5, 5.41) is 0. The molecule has 0 aliphatic heterocycles. The van der Waals surface area contributed by atoms with Gasteiger partial charge in [0.05, 0.1) is 19.8 Å². The summed E-state index contributed by atoms with van der Waals surface area (Å²) in [7, 11) is 0. The Hall–Kier alpha value is -2.75. The molecule has 2 rings (SSSR count). The molecule has 2 aromatic carbocycles. The number of ketones is 1. The fourth-order valence-electron chi connectivity index (χ4n) is 2.87. The van der Waals surface area contributed by atoms with Crippen LogP contribution in [0, 0.1) is 0 Å². The molecule has 0 amide bonds. The first-order valence-electron chi connectivity index (χ1n) is 11.0. The second kappa shape index (κ2) is 12.7. The van der Waals surface area contributed by atoms with Crippen LogP contribution < -0.4 is 14.2 Å². The molecule has 0 saturated heterocycles. The summed E-state index contributed by atoms with van der Waals surface area (Å²) in [4.78, 5) is 12.9. The lowest BCUT2D eigenvalue weighted by Gasteiger charge is -2.11. The second-order valence-corrected chi connectivity index (χ2v) is 7.16. The molecule has 2 aromatic rings. The molecule has 4 nitrogen and oxygen atoms in total. The first kappa shape index (κ1) is 23.5. The van der Waals surface area contributed by atoms with Gasteiger partial charge in [-0.1, -0.05) is 33.8 Å². The Morgan fingerprint density at radius 1 is 0.800 bits per heavy atom. The van der Waals surface area contributed by atoms with Crippen molar-refractivity contribution >= 4 is 11.9 Å². The van der Waals surface area contributed by atoms with E-state index in [1.807, 2.05) is 18.2 Å². The minimum atomic E-state index is -0.0957. The monoisotopic (exact) mass is 410 g/mol. The van der Waals surface area contributed by atoms with Crippen molar-refractivity contribution < 1.29 is 19.0 Å². The van der Waals surface area contributed by atoms with E-state index in [1.54, 1.807) is 18.2 Å². The van der Waals surface area contributed by atoms with Crippen LogP contribution in [0.4, 0.5) is 0 Å². The van der Waals surface area contributed by atoms with Crippen LogP contribution in [0.3, 0.4) is 0 Å². The third-order valence-electron chi connectivity index (χ3n) is 4.47. The van der Waals surface area contributed by atoms with Crippen LogP contribution in [-0.2, 0) is 6.42 Å². The molecule has 0 unspecified atom stereocenters. The van der Waals surface area contributed by atoms with E-state index in [4.69, 9.17) is 14.2 Å². The standard InChI is InChI=1S/C26H34O4/c1-5-13-28-23-17-22(18-24(19-23)29-14-6-2)25(27)11-10-21-16-20(8-4)9-12-26(21)30-15-7-3/h9-12,16-19H,5-8,13-15H2,1-4H3/b11-10+. The number of benzene rings is 2. The zero-order valence-corrected chi connectivity index (χ0v) is 18.7. The van der Waals surface area contributed by atoms with E-state index in [0.717, 1.165) is 37.0 Å². The Bertz CT molecular complexity index is 813. The van der Waals surface area contributed by atoms with Gasteiger partial charge in [-0.2, -0.15) is 0 Å². The van der Waals surface area contributed by atoms with Crippen molar-refractivity contribution in [2.24, 2.45) is 0 Å². The maximum Gasteiger partial charge on any atom is 0.186 e. The van der Waals surface area contributed by atoms with Crippen LogP contribution in [0.1, 0.15) is 68.4 Å². The Morgan fingerprint density at radius 3 is 1.97 bits per heavy atom. The van der Waals surface area contributed by atoms with Gasteiger partial charge in [0.15, 0.2) is 5.78 Å². The maximum absolute atomic E-state index is 12.9. The van der Waals surface area contributed by atoms with Crippen LogP contribution in [0.5, 0.6) is 17.2 Å². The zero-order valence-electron chi connectivity index (χ0n) is 18.7. The first-order valence-corrected chi connectivity index (χ1v) is 11.0. The third kappa shape index (κ3) is 7.25. The van der Waals surface area contributed by atoms with Gasteiger partial charge in [0.25, 0.3) is 0 Å². The summed E-state index contributed by atoms with van der Waals surface area (Å²) < 4.78 is 17.3. The molecule has 0 aliphatic rings. The lowest BCUT2D eigenvalue weighted by Crippen LogP contribution is -2.02. The molecule has 0 N–H and O–H groups in total. The molecule has 0 bridgehead atoms. The fraction of sp³-hybridized carbons (Fsp3) is 0.423. The number of carbonyl (C=O) groups is 1. The summed E-state index contributed by atoms with van der Waals surface area (Å²) in [5.41, 5.74) is 2.67. The summed E-state index contributed by atoms with van der Waals surface area (Å²) in [6.45, 7) is 10.1. The van der Waals surface area contributed by atoms with Gasteiger partial charge in [-0.15, -0.1) is 0 Å². The Morgan fingerprint density at radius 2 is 1.40 bits per heavy atom. The van der Waals surface area contributed by atoms with Crippen molar-refractivity contribution in [1.29, 1.82) is 0 Å². The average molecular weight is 411 g/mol. The van der Waals surface area contributed by atoms with Gasteiger partial charge in [0.2, 0.25) is 0 Å². The highest BCUT2D eigenvalue weighted by molar-refractivity contribution is 6.07. The highest BCUT2D eigenvalue weighted by Crippen LogP contribution is 2.26. The van der Waals surface area contributed by atoms with Crippen molar-refractivity contribution in [3.63, 3.8) is 0 Å². The largest absolute Gasteiger partial charge is 0.493 e. The third-order valence-corrected chi connectivity index (χ3v) is 4.47. The predicted molar refractivity (Wildman–Crippen MR) is 123 cm³/mol. The summed E-state index contributed by atoms with van der Waals surface area (Å²) in [6.07, 6.45) is 7.09. The van der Waals surface area contributed by atoms with Gasteiger partial charge in [0.1, 0.15) is 17.2 Å². The normalized spacial score (nSPS) is 10.9. The molecule has 0 aliphatic carbocycles. The molecule has 0 radical (unpaired) electrons. The molecule has 30 heavy (non-hydrogen) atoms. The quantitative estimate of drug-likeness (QED) is 0.279. The maximum atomic E-state index is 12.9. The van der Waals surface area contributed by atoms with E-state index >= 15 is 0 Å². The lowest BCUT2D eigenvalue weighted by atomic mass is 10.0. The molecule has 0 atom stereocenters. The number of carbonyl (C=O) groups excluding carboxylic acids is 1. The van der Waals surface area contributed by atoms with Crippen LogP contribution in [-0.4, -0.2) is 25.6 Å². The Kier molecular flexibility index (Phi) is 9.99. The summed E-state index contributed by atoms with van der Waals surface area (Å²) in [6, 6.07) is 11.5. The van der Waals surface area contributed by atoms with Crippen molar-refractivity contribution in [2.45, 2.75) is 53.4 Å². The number of hydrogen-bond donors (Lipinski definition) is 0. The SMILES string of the molecule is CCCOc1cc(OCCC)cc(C(=O)/C=C/c2cc(CC)ccc2OCCC)c1. The molecule has 0 saturated carbocycles. The van der Waals surface area contributed by atoms with Gasteiger partial charge >= 0.3 is 0 Å². The van der Waals surface area contributed by atoms with E-state index in [9.17, 15) is 4.79 Å². The van der Waals surface area contributed by atoms with Crippen LogP contribution in [0.2, 0.25) is 0 Å². The first-order chi connectivity index (χ1) is 14.6. The fourth-order valence-corrected chi connectivity index (χ4v) is 2.87. The van der Waals surface area contributed by atoms with Gasteiger partial charge < -0.3 is 14.2 Å². The van der Waals surface area contributed by atoms with Crippen molar-refractivity contribution in [3.8, 4) is 17.2 Å². The molecule has 162 valence electrons. The van der Waals surface area contributed by atoms with Gasteiger partial charge in [-0.25, -0.2) is 0 Å². The summed E-state index contributed by atoms with van der Waals surface area (Å²) in [5.74, 6) is 2.01. The number of allylic oxidation sites excluding steroid dienone is 1. The number of rotatable bonds is 13. The van der Waals surface area contributed by atoms with Crippen LogP contribution >= 0.6 is 0 Å². The Labute approximate surface area is 180 Å². The summed E-state index contributed by atoms with van der Waals surface area (Å²) >= 11 is 0. The minimum Gasteiger partial charge on any atom is -0.493 e. The van der Waals surface area contributed by atoms with Crippen molar-refractivity contribution in [3.05, 3.63) is 59.2 Å². The highest BCUT2D eigenvalue weighted by Gasteiger charge is 2.10. The molecule has 0 fully saturated rings. The minimum absolute atomic E-state index is 0.0957.